The molecule has 1 saturated heterocycles. The Morgan fingerprint density at radius 3 is 2.16 bits per heavy atom. The van der Waals surface area contributed by atoms with Gasteiger partial charge in [-0.2, -0.15) is 0 Å². The van der Waals surface area contributed by atoms with Gasteiger partial charge in [0, 0.05) is 75.0 Å². The largest absolute Gasteiger partial charge is 0.493 e. The molecule has 0 aliphatic carbocycles. The van der Waals surface area contributed by atoms with Crippen molar-refractivity contribution in [3.63, 3.8) is 0 Å². The van der Waals surface area contributed by atoms with E-state index in [1.165, 1.54) is 7.11 Å². The summed E-state index contributed by atoms with van der Waals surface area (Å²) in [4.78, 5) is 39.8. The maximum absolute atomic E-state index is 13.4. The summed E-state index contributed by atoms with van der Waals surface area (Å²) in [6, 6.07) is 20.0. The summed E-state index contributed by atoms with van der Waals surface area (Å²) in [7, 11) is 3.07. The molecule has 2 heterocycles. The van der Waals surface area contributed by atoms with Gasteiger partial charge in [0.1, 0.15) is 0 Å². The number of nitrogens with zero attached hydrogens (tertiary/aromatic N) is 4. The summed E-state index contributed by atoms with van der Waals surface area (Å²) in [5.74, 6) is 1.14. The molecule has 4 aromatic rings. The molecule has 3 aromatic carbocycles. The molecule has 0 bridgehead atoms. The molecule has 1 fully saturated rings. The second-order valence-electron chi connectivity index (χ2n) is 10.4. The van der Waals surface area contributed by atoms with Crippen LogP contribution in [0.15, 0.2) is 79.1 Å². The van der Waals surface area contributed by atoms with Gasteiger partial charge < -0.3 is 30.7 Å². The van der Waals surface area contributed by atoms with E-state index in [1.807, 2.05) is 30.3 Å². The van der Waals surface area contributed by atoms with Gasteiger partial charge in [-0.1, -0.05) is 30.3 Å². The minimum Gasteiger partial charge on any atom is -0.493 e. The second kappa shape index (κ2) is 14.5. The van der Waals surface area contributed by atoms with Crippen molar-refractivity contribution in [2.75, 3.05) is 50.6 Å². The number of aromatic nitrogens is 2. The van der Waals surface area contributed by atoms with Gasteiger partial charge >= 0.3 is 0 Å². The Hall–Kier alpha value is -5.00. The molecule has 0 spiro atoms. The lowest BCUT2D eigenvalue weighted by atomic mass is 10.1. The lowest BCUT2D eigenvalue weighted by Gasteiger charge is -2.35. The average Bonchev–Trinajstić information content (AvgIpc) is 3.08. The van der Waals surface area contributed by atoms with Crippen LogP contribution in [0.5, 0.6) is 11.5 Å². The number of piperazine rings is 1. The summed E-state index contributed by atoms with van der Waals surface area (Å²) < 4.78 is 10.7. The molecule has 0 unspecified atom stereocenters. The molecule has 5 rings (SSSR count). The van der Waals surface area contributed by atoms with Crippen molar-refractivity contribution in [3.8, 4) is 11.5 Å². The number of nitrogens with two attached hydrogens (primary N) is 1. The minimum atomic E-state index is -0.323. The molecule has 11 nitrogen and oxygen atoms in total. The number of benzene rings is 3. The first-order valence-electron chi connectivity index (χ1n) is 14.4. The van der Waals surface area contributed by atoms with Crippen molar-refractivity contribution in [3.05, 3.63) is 107 Å². The Kier molecular flexibility index (Phi) is 10.0. The van der Waals surface area contributed by atoms with Crippen LogP contribution in [0.2, 0.25) is 0 Å². The number of amides is 2. The van der Waals surface area contributed by atoms with Crippen LogP contribution in [-0.2, 0) is 19.6 Å². The van der Waals surface area contributed by atoms with E-state index >= 15 is 0 Å². The zero-order valence-electron chi connectivity index (χ0n) is 25.0. The number of rotatable bonds is 11. The van der Waals surface area contributed by atoms with Crippen molar-refractivity contribution < 1.29 is 19.1 Å². The molecule has 1 aliphatic rings. The molecule has 2 amide bonds. The lowest BCUT2D eigenvalue weighted by molar-refractivity contribution is 0.0949. The summed E-state index contributed by atoms with van der Waals surface area (Å²) in [5.41, 5.74) is 10.0. The second-order valence-corrected chi connectivity index (χ2v) is 10.4. The Balaban J connectivity index is 1.33. The SMILES string of the molecule is COc1ccc(C(=O)Nc2cc(C(=O)NCc3ccc(CN)cc3)ccc2CN2CCN(c3ncccn3)CC2)cc1OC. The van der Waals surface area contributed by atoms with E-state index < -0.39 is 0 Å². The predicted molar refractivity (Wildman–Crippen MR) is 169 cm³/mol. The standard InChI is InChI=1S/C33H37N7O4/c1-43-29-11-10-26(19-30(29)44-2)32(42)38-28-18-25(31(41)37-21-24-6-4-23(20-34)5-7-24)8-9-27(28)22-39-14-16-40(17-15-39)33-35-12-3-13-36-33/h3-13,18-19H,14-17,20-22,34H2,1-2H3,(H,37,41)(H,38,42). The molecule has 4 N–H and O–H groups in total. The van der Waals surface area contributed by atoms with E-state index in [-0.39, 0.29) is 11.8 Å². The van der Waals surface area contributed by atoms with E-state index in [1.54, 1.807) is 55.9 Å². The van der Waals surface area contributed by atoms with Crippen molar-refractivity contribution >= 4 is 23.5 Å². The number of nitrogens with one attached hydrogen (secondary N) is 2. The van der Waals surface area contributed by atoms with Crippen molar-refractivity contribution in [2.24, 2.45) is 5.73 Å². The van der Waals surface area contributed by atoms with Crippen molar-refractivity contribution in [2.45, 2.75) is 19.6 Å². The fourth-order valence-corrected chi connectivity index (χ4v) is 5.02. The Morgan fingerprint density at radius 1 is 0.818 bits per heavy atom. The topological polar surface area (TPSA) is 135 Å². The Bertz CT molecular complexity index is 1570. The number of carbonyl (C=O) groups excluding carboxylic acids is 2. The van der Waals surface area contributed by atoms with Crippen molar-refractivity contribution in [1.82, 2.24) is 20.2 Å². The van der Waals surface area contributed by atoms with Crippen LogP contribution in [0.4, 0.5) is 11.6 Å². The fourth-order valence-electron chi connectivity index (χ4n) is 5.02. The molecule has 1 aromatic heterocycles. The summed E-state index contributed by atoms with van der Waals surface area (Å²) in [6.45, 7) is 4.59. The highest BCUT2D eigenvalue weighted by atomic mass is 16.5. The number of hydrogen-bond donors (Lipinski definition) is 3. The molecule has 0 atom stereocenters. The monoisotopic (exact) mass is 595 g/mol. The molecule has 0 radical (unpaired) electrons. The predicted octanol–water partition coefficient (Wildman–Crippen LogP) is 3.46. The van der Waals surface area contributed by atoms with Crippen LogP contribution >= 0.6 is 0 Å². The third kappa shape index (κ3) is 7.49. The van der Waals surface area contributed by atoms with Crippen molar-refractivity contribution in [1.29, 1.82) is 0 Å². The minimum absolute atomic E-state index is 0.238. The average molecular weight is 596 g/mol. The zero-order chi connectivity index (χ0) is 30.9. The van der Waals surface area contributed by atoms with Gasteiger partial charge in [-0.05, 0) is 53.1 Å². The molecule has 0 saturated carbocycles. The quantitative estimate of drug-likeness (QED) is 0.238. The van der Waals surface area contributed by atoms with Crippen LogP contribution in [0.3, 0.4) is 0 Å². The Morgan fingerprint density at radius 2 is 1.48 bits per heavy atom. The van der Waals surface area contributed by atoms with Crippen LogP contribution in [-0.4, -0.2) is 67.1 Å². The number of hydrogen-bond acceptors (Lipinski definition) is 9. The number of methoxy groups -OCH3 is 2. The summed E-state index contributed by atoms with van der Waals surface area (Å²) in [6.07, 6.45) is 3.49. The van der Waals surface area contributed by atoms with Gasteiger partial charge in [0.15, 0.2) is 11.5 Å². The van der Waals surface area contributed by atoms with Gasteiger partial charge in [-0.15, -0.1) is 0 Å². The Labute approximate surface area is 257 Å². The van der Waals surface area contributed by atoms with E-state index in [4.69, 9.17) is 15.2 Å². The van der Waals surface area contributed by atoms with Gasteiger partial charge in [0.2, 0.25) is 5.95 Å². The number of ether oxygens (including phenoxy) is 2. The molecular formula is C33H37N7O4. The highest BCUT2D eigenvalue weighted by molar-refractivity contribution is 6.06. The third-order valence-electron chi connectivity index (χ3n) is 7.58. The van der Waals surface area contributed by atoms with E-state index in [2.05, 4.69) is 30.4 Å². The molecule has 228 valence electrons. The van der Waals surface area contributed by atoms with Gasteiger partial charge in [0.05, 0.1) is 14.2 Å². The molecule has 11 heteroatoms. The molecule has 44 heavy (non-hydrogen) atoms. The van der Waals surface area contributed by atoms with E-state index in [9.17, 15) is 9.59 Å². The van der Waals surface area contributed by atoms with Crippen LogP contribution in [0, 0.1) is 0 Å². The highest BCUT2D eigenvalue weighted by Gasteiger charge is 2.21. The first kappa shape index (κ1) is 30.5. The van der Waals surface area contributed by atoms with Gasteiger partial charge in [-0.3, -0.25) is 14.5 Å². The summed E-state index contributed by atoms with van der Waals surface area (Å²) >= 11 is 0. The highest BCUT2D eigenvalue weighted by Crippen LogP contribution is 2.29. The molecular weight excluding hydrogens is 558 g/mol. The van der Waals surface area contributed by atoms with Crippen LogP contribution < -0.4 is 30.7 Å². The third-order valence-corrected chi connectivity index (χ3v) is 7.58. The zero-order valence-corrected chi connectivity index (χ0v) is 25.0. The fraction of sp³-hybridized carbons (Fsp3) is 0.273. The maximum atomic E-state index is 13.4. The van der Waals surface area contributed by atoms with Crippen LogP contribution in [0.1, 0.15) is 37.4 Å². The van der Waals surface area contributed by atoms with E-state index in [0.717, 1.165) is 48.8 Å². The molecule has 1 aliphatic heterocycles. The number of carbonyl (C=O) groups is 2. The first-order valence-corrected chi connectivity index (χ1v) is 14.4. The van der Waals surface area contributed by atoms with Gasteiger partial charge in [-0.25, -0.2) is 9.97 Å². The van der Waals surface area contributed by atoms with E-state index in [0.29, 0.717) is 47.9 Å². The maximum Gasteiger partial charge on any atom is 0.255 e. The smallest absolute Gasteiger partial charge is 0.255 e. The summed E-state index contributed by atoms with van der Waals surface area (Å²) in [5, 5.41) is 6.01. The van der Waals surface area contributed by atoms with Gasteiger partial charge in [0.25, 0.3) is 11.8 Å². The number of anilines is 2. The normalized spacial score (nSPS) is 13.3. The lowest BCUT2D eigenvalue weighted by Crippen LogP contribution is -2.46. The first-order chi connectivity index (χ1) is 21.5. The van der Waals surface area contributed by atoms with Crippen LogP contribution in [0.25, 0.3) is 0 Å².